The molecule has 6 heteroatoms. The first-order valence-electron chi connectivity index (χ1n) is 7.98. The Bertz CT molecular complexity index is 596. The maximum Gasteiger partial charge on any atom is 0.335 e. The highest BCUT2D eigenvalue weighted by Crippen LogP contribution is 2.37. The molecule has 120 valence electrons. The normalized spacial score (nSPS) is 24.4. The molecule has 5 nitrogen and oxygen atoms in total. The minimum Gasteiger partial charge on any atom is -0.463 e. The van der Waals surface area contributed by atoms with Crippen molar-refractivity contribution in [3.05, 3.63) is 22.2 Å². The summed E-state index contributed by atoms with van der Waals surface area (Å²) < 4.78 is 5.19. The van der Waals surface area contributed by atoms with Gasteiger partial charge < -0.3 is 10.5 Å². The summed E-state index contributed by atoms with van der Waals surface area (Å²) in [6.07, 6.45) is 5.06. The van der Waals surface area contributed by atoms with Gasteiger partial charge >= 0.3 is 5.97 Å². The van der Waals surface area contributed by atoms with Crippen LogP contribution in [0, 0.1) is 5.92 Å². The molecule has 3 rings (SSSR count). The molecule has 1 aromatic heterocycles. The molecule has 2 heterocycles. The summed E-state index contributed by atoms with van der Waals surface area (Å²) in [7, 11) is 0. The van der Waals surface area contributed by atoms with E-state index < -0.39 is 0 Å². The summed E-state index contributed by atoms with van der Waals surface area (Å²) >= 11 is 1.61. The van der Waals surface area contributed by atoms with Crippen molar-refractivity contribution in [3.63, 3.8) is 0 Å². The second kappa shape index (κ2) is 6.38. The average molecular weight is 321 g/mol. The molecule has 0 spiro atoms. The van der Waals surface area contributed by atoms with Gasteiger partial charge in [-0.1, -0.05) is 13.0 Å². The van der Waals surface area contributed by atoms with Gasteiger partial charge in [0.05, 0.1) is 12.3 Å². The number of esters is 1. The van der Waals surface area contributed by atoms with Gasteiger partial charge in [-0.3, -0.25) is 4.90 Å². The van der Waals surface area contributed by atoms with Gasteiger partial charge in [-0.25, -0.2) is 9.78 Å². The van der Waals surface area contributed by atoms with E-state index in [9.17, 15) is 4.79 Å². The molecule has 1 aliphatic heterocycles. The van der Waals surface area contributed by atoms with Crippen LogP contribution in [0.1, 0.15) is 30.8 Å². The smallest absolute Gasteiger partial charge is 0.335 e. The van der Waals surface area contributed by atoms with Crippen LogP contribution in [0.2, 0.25) is 0 Å². The van der Waals surface area contributed by atoms with Gasteiger partial charge in [0, 0.05) is 23.0 Å². The lowest BCUT2D eigenvalue weighted by atomic mass is 9.81. The van der Waals surface area contributed by atoms with Gasteiger partial charge in [0.25, 0.3) is 0 Å². The summed E-state index contributed by atoms with van der Waals surface area (Å²) in [6, 6.07) is 0.450. The van der Waals surface area contributed by atoms with Crippen molar-refractivity contribution in [2.75, 3.05) is 25.4 Å². The summed E-state index contributed by atoms with van der Waals surface area (Å²) in [5.74, 6) is 0.152. The van der Waals surface area contributed by atoms with Crippen LogP contribution >= 0.6 is 11.3 Å². The average Bonchev–Trinajstić information content (AvgIpc) is 2.84. The van der Waals surface area contributed by atoms with E-state index in [1.807, 2.05) is 6.92 Å². The van der Waals surface area contributed by atoms with Crippen LogP contribution in [0.25, 0.3) is 0 Å². The lowest BCUT2D eigenvalue weighted by molar-refractivity contribution is -0.139. The topological polar surface area (TPSA) is 68.5 Å². The molecule has 2 aliphatic rings. The predicted molar refractivity (Wildman–Crippen MR) is 87.8 cm³/mol. The zero-order chi connectivity index (χ0) is 15.7. The molecule has 0 amide bonds. The maximum absolute atomic E-state index is 12.1. The second-order valence-corrected chi connectivity index (χ2v) is 7.06. The monoisotopic (exact) mass is 321 g/mol. The lowest BCUT2D eigenvalue weighted by Crippen LogP contribution is -2.49. The molecule has 0 radical (unpaired) electrons. The van der Waals surface area contributed by atoms with Crippen molar-refractivity contribution in [1.29, 1.82) is 0 Å². The molecule has 2 atom stereocenters. The maximum atomic E-state index is 12.1. The first-order chi connectivity index (χ1) is 10.6. The lowest BCUT2D eigenvalue weighted by Gasteiger charge is -2.42. The Hall–Kier alpha value is -1.40. The SMILES string of the molecule is CCCN1CC(C(=O)OCC)=C[C@H]2Cc3nc(N)sc3C[C@@H]21. The fourth-order valence-electron chi connectivity index (χ4n) is 3.53. The Balaban J connectivity index is 1.88. The number of aromatic nitrogens is 1. The molecule has 1 aliphatic carbocycles. The zero-order valence-corrected chi connectivity index (χ0v) is 14.0. The van der Waals surface area contributed by atoms with E-state index in [-0.39, 0.29) is 5.97 Å². The van der Waals surface area contributed by atoms with E-state index in [4.69, 9.17) is 10.5 Å². The van der Waals surface area contributed by atoms with Gasteiger partial charge in [0.2, 0.25) is 0 Å². The highest BCUT2D eigenvalue weighted by molar-refractivity contribution is 7.15. The summed E-state index contributed by atoms with van der Waals surface area (Å²) in [4.78, 5) is 20.3. The number of nitrogens with two attached hydrogens (primary N) is 1. The number of thiazole rings is 1. The largest absolute Gasteiger partial charge is 0.463 e. The van der Waals surface area contributed by atoms with Gasteiger partial charge in [0.1, 0.15) is 0 Å². The number of fused-ring (bicyclic) bond motifs is 2. The van der Waals surface area contributed by atoms with Gasteiger partial charge in [-0.2, -0.15) is 0 Å². The van der Waals surface area contributed by atoms with Crippen LogP contribution in [0.3, 0.4) is 0 Å². The van der Waals surface area contributed by atoms with Gasteiger partial charge in [-0.05, 0) is 38.6 Å². The molecule has 0 unspecified atom stereocenters. The number of hydrogen-bond donors (Lipinski definition) is 1. The van der Waals surface area contributed by atoms with E-state index in [1.54, 1.807) is 11.3 Å². The fourth-order valence-corrected chi connectivity index (χ4v) is 4.44. The molecule has 0 fully saturated rings. The molecule has 0 saturated carbocycles. The third kappa shape index (κ3) is 2.90. The third-order valence-corrected chi connectivity index (χ3v) is 5.37. The Morgan fingerprint density at radius 3 is 3.05 bits per heavy atom. The quantitative estimate of drug-likeness (QED) is 0.859. The second-order valence-electron chi connectivity index (χ2n) is 5.94. The van der Waals surface area contributed by atoms with Crippen LogP contribution < -0.4 is 5.73 Å². The molecule has 0 saturated heterocycles. The molecule has 2 N–H and O–H groups in total. The Morgan fingerprint density at radius 2 is 2.32 bits per heavy atom. The summed E-state index contributed by atoms with van der Waals surface area (Å²) in [6.45, 7) is 6.14. The van der Waals surface area contributed by atoms with E-state index in [0.717, 1.165) is 37.1 Å². The van der Waals surface area contributed by atoms with E-state index >= 15 is 0 Å². The van der Waals surface area contributed by atoms with Gasteiger partial charge in [0.15, 0.2) is 5.13 Å². The number of hydrogen-bond acceptors (Lipinski definition) is 6. The van der Waals surface area contributed by atoms with E-state index in [2.05, 4.69) is 22.9 Å². The molecule has 0 aromatic carbocycles. The van der Waals surface area contributed by atoms with Crippen LogP contribution in [0.4, 0.5) is 5.13 Å². The van der Waals surface area contributed by atoms with Crippen LogP contribution in [-0.4, -0.2) is 41.6 Å². The Morgan fingerprint density at radius 1 is 1.50 bits per heavy atom. The zero-order valence-electron chi connectivity index (χ0n) is 13.2. The summed E-state index contributed by atoms with van der Waals surface area (Å²) in [5, 5.41) is 0.653. The minimum atomic E-state index is -0.175. The first kappa shape index (κ1) is 15.5. The first-order valence-corrected chi connectivity index (χ1v) is 8.79. The standard InChI is InChI=1S/C16H23N3O2S/c1-3-5-19-9-11(15(20)21-4-2)6-10-7-12-14(8-13(10)19)22-16(17)18-12/h6,10,13H,3-5,7-9H2,1-2H3,(H2,17,18)/t10-,13-/m0/s1. The highest BCUT2D eigenvalue weighted by Gasteiger charge is 2.38. The van der Waals surface area contributed by atoms with Crippen molar-refractivity contribution in [2.24, 2.45) is 5.92 Å². The van der Waals surface area contributed by atoms with Crippen LogP contribution in [0.15, 0.2) is 11.6 Å². The Kier molecular flexibility index (Phi) is 4.49. The van der Waals surface area contributed by atoms with Gasteiger partial charge in [-0.15, -0.1) is 11.3 Å². The number of carbonyl (C=O) groups is 1. The van der Waals surface area contributed by atoms with Crippen molar-refractivity contribution >= 4 is 22.4 Å². The predicted octanol–water partition coefficient (Wildman–Crippen LogP) is 2.02. The number of rotatable bonds is 4. The third-order valence-electron chi connectivity index (χ3n) is 4.42. The van der Waals surface area contributed by atoms with Crippen LogP contribution in [-0.2, 0) is 22.4 Å². The fraction of sp³-hybridized carbons (Fsp3) is 0.625. The molecule has 0 bridgehead atoms. The number of anilines is 1. The summed E-state index contributed by atoms with van der Waals surface area (Å²) in [5.41, 5.74) is 7.77. The minimum absolute atomic E-state index is 0.175. The molecule has 22 heavy (non-hydrogen) atoms. The van der Waals surface area contributed by atoms with E-state index in [1.165, 1.54) is 4.88 Å². The number of nitrogen functional groups attached to an aromatic ring is 1. The number of carbonyl (C=O) groups excluding carboxylic acids is 1. The molecular weight excluding hydrogens is 298 g/mol. The molecular formula is C16H23N3O2S. The van der Waals surface area contributed by atoms with Crippen molar-refractivity contribution in [1.82, 2.24) is 9.88 Å². The van der Waals surface area contributed by atoms with Crippen LogP contribution in [0.5, 0.6) is 0 Å². The van der Waals surface area contributed by atoms with Crippen molar-refractivity contribution < 1.29 is 9.53 Å². The van der Waals surface area contributed by atoms with E-state index in [0.29, 0.717) is 30.2 Å². The highest BCUT2D eigenvalue weighted by atomic mass is 32.1. The Labute approximate surface area is 135 Å². The molecule has 1 aromatic rings. The number of nitrogens with zero attached hydrogens (tertiary/aromatic N) is 2. The van der Waals surface area contributed by atoms with Crippen molar-refractivity contribution in [3.8, 4) is 0 Å². The van der Waals surface area contributed by atoms with Crippen molar-refractivity contribution in [2.45, 2.75) is 39.2 Å². The number of ether oxygens (including phenoxy) is 1.